The van der Waals surface area contributed by atoms with Gasteiger partial charge in [-0.15, -0.1) is 0 Å². The van der Waals surface area contributed by atoms with E-state index < -0.39 is 24.4 Å². The van der Waals surface area contributed by atoms with Gasteiger partial charge in [0.15, 0.2) is 5.78 Å². The Balaban J connectivity index is 1.78. The molecule has 1 atom stereocenters. The van der Waals surface area contributed by atoms with Gasteiger partial charge in [0.2, 0.25) is 17.7 Å². The van der Waals surface area contributed by atoms with Gasteiger partial charge in [0.1, 0.15) is 12.7 Å². The average Bonchev–Trinajstić information content (AvgIpc) is 3.14. The van der Waals surface area contributed by atoms with Gasteiger partial charge >= 0.3 is 0 Å². The van der Waals surface area contributed by atoms with E-state index in [0.29, 0.717) is 19.4 Å². The minimum absolute atomic E-state index is 0.178. The van der Waals surface area contributed by atoms with Crippen molar-refractivity contribution < 1.29 is 23.6 Å². The predicted octanol–water partition coefficient (Wildman–Crippen LogP) is 0.415. The van der Waals surface area contributed by atoms with E-state index in [1.54, 1.807) is 0 Å². The SMILES string of the molecule is O=C(CF)CNC(=O)[C@@H]1CCCN1C(=O)CNC(=O)CC1=CCCC=C1. The van der Waals surface area contributed by atoms with Gasteiger partial charge in [-0.2, -0.15) is 0 Å². The number of Topliss-reactive ketones (excluding diaryl/α,β-unsaturated/α-hetero) is 1. The molecule has 1 aliphatic heterocycles. The van der Waals surface area contributed by atoms with E-state index in [4.69, 9.17) is 0 Å². The van der Waals surface area contributed by atoms with Crippen LogP contribution in [0.1, 0.15) is 32.1 Å². The monoisotopic (exact) mass is 365 g/mol. The first kappa shape index (κ1) is 19.8. The number of hydrogen-bond acceptors (Lipinski definition) is 4. The standard InChI is InChI=1S/C18H24FN3O4/c19-10-14(23)11-21-18(26)15-7-4-8-22(15)17(25)12-20-16(24)9-13-5-2-1-3-6-13/h2,5-6,15H,1,3-4,7-12H2,(H,20,24)(H,21,26)/t15-/m0/s1. The number of alkyl halides is 1. The maximum Gasteiger partial charge on any atom is 0.243 e. The Morgan fingerprint density at radius 2 is 1.96 bits per heavy atom. The number of amides is 3. The second-order valence-electron chi connectivity index (χ2n) is 6.35. The highest BCUT2D eigenvalue weighted by molar-refractivity contribution is 5.93. The molecule has 0 aromatic carbocycles. The number of likely N-dealkylation sites (tertiary alicyclic amines) is 1. The van der Waals surface area contributed by atoms with Crippen molar-refractivity contribution in [3.63, 3.8) is 0 Å². The van der Waals surface area contributed by atoms with E-state index in [0.717, 1.165) is 18.4 Å². The van der Waals surface area contributed by atoms with E-state index >= 15 is 0 Å². The summed E-state index contributed by atoms with van der Waals surface area (Å²) in [5.74, 6) is -1.78. The van der Waals surface area contributed by atoms with Crippen LogP contribution in [-0.4, -0.2) is 60.8 Å². The highest BCUT2D eigenvalue weighted by atomic mass is 19.1. The lowest BCUT2D eigenvalue weighted by atomic mass is 10.0. The zero-order chi connectivity index (χ0) is 18.9. The molecule has 7 nitrogen and oxygen atoms in total. The summed E-state index contributed by atoms with van der Waals surface area (Å²) in [7, 11) is 0. The van der Waals surface area contributed by atoms with Crippen LogP contribution in [0.3, 0.4) is 0 Å². The zero-order valence-corrected chi connectivity index (χ0v) is 14.6. The van der Waals surface area contributed by atoms with Crippen LogP contribution in [0.15, 0.2) is 23.8 Å². The van der Waals surface area contributed by atoms with Crippen LogP contribution in [0.2, 0.25) is 0 Å². The number of halogens is 1. The highest BCUT2D eigenvalue weighted by Gasteiger charge is 2.34. The molecule has 0 radical (unpaired) electrons. The lowest BCUT2D eigenvalue weighted by Gasteiger charge is -2.24. The first-order valence-corrected chi connectivity index (χ1v) is 8.78. The molecular weight excluding hydrogens is 341 g/mol. The molecule has 2 aliphatic rings. The van der Waals surface area contributed by atoms with E-state index in [1.807, 2.05) is 18.2 Å². The number of carbonyl (C=O) groups excluding carboxylic acids is 4. The van der Waals surface area contributed by atoms with Crippen LogP contribution in [0.5, 0.6) is 0 Å². The summed E-state index contributed by atoms with van der Waals surface area (Å²) in [5, 5.41) is 4.94. The Kier molecular flexibility index (Phi) is 7.50. The molecule has 0 aromatic heterocycles. The van der Waals surface area contributed by atoms with E-state index in [1.165, 1.54) is 4.90 Å². The summed E-state index contributed by atoms with van der Waals surface area (Å²) >= 11 is 0. The Bertz CT molecular complexity index is 630. The van der Waals surface area contributed by atoms with Crippen molar-refractivity contribution in [3.8, 4) is 0 Å². The van der Waals surface area contributed by atoms with Crippen molar-refractivity contribution in [2.45, 2.75) is 38.1 Å². The summed E-state index contributed by atoms with van der Waals surface area (Å²) in [6.07, 6.45) is 9.16. The molecular formula is C18H24FN3O4. The van der Waals surface area contributed by atoms with Gasteiger partial charge < -0.3 is 15.5 Å². The van der Waals surface area contributed by atoms with Crippen molar-refractivity contribution in [1.82, 2.24) is 15.5 Å². The molecule has 0 unspecified atom stereocenters. The van der Waals surface area contributed by atoms with Crippen molar-refractivity contribution in [3.05, 3.63) is 23.8 Å². The van der Waals surface area contributed by atoms with Crippen LogP contribution >= 0.6 is 0 Å². The van der Waals surface area contributed by atoms with Gasteiger partial charge in [0.25, 0.3) is 0 Å². The Hall–Kier alpha value is -2.51. The Morgan fingerprint density at radius 1 is 1.15 bits per heavy atom. The second-order valence-corrected chi connectivity index (χ2v) is 6.35. The third-order valence-electron chi connectivity index (χ3n) is 4.36. The zero-order valence-electron chi connectivity index (χ0n) is 14.6. The second kappa shape index (κ2) is 9.84. The molecule has 26 heavy (non-hydrogen) atoms. The van der Waals surface area contributed by atoms with Crippen molar-refractivity contribution in [2.75, 3.05) is 26.3 Å². The molecule has 2 N–H and O–H groups in total. The number of rotatable bonds is 8. The molecule has 1 aliphatic carbocycles. The normalized spacial score (nSPS) is 19.0. The highest BCUT2D eigenvalue weighted by Crippen LogP contribution is 2.17. The third kappa shape index (κ3) is 5.79. The van der Waals surface area contributed by atoms with Crippen LogP contribution in [-0.2, 0) is 19.2 Å². The molecule has 0 bridgehead atoms. The van der Waals surface area contributed by atoms with Gasteiger partial charge in [-0.25, -0.2) is 4.39 Å². The molecule has 0 aromatic rings. The number of ketones is 1. The molecule has 142 valence electrons. The fourth-order valence-corrected chi connectivity index (χ4v) is 3.01. The van der Waals surface area contributed by atoms with E-state index in [9.17, 15) is 23.6 Å². The van der Waals surface area contributed by atoms with E-state index in [2.05, 4.69) is 10.6 Å². The quantitative estimate of drug-likeness (QED) is 0.651. The molecule has 3 amide bonds. The maximum absolute atomic E-state index is 12.3. The molecule has 1 saturated heterocycles. The van der Waals surface area contributed by atoms with Crippen LogP contribution in [0.4, 0.5) is 4.39 Å². The minimum Gasteiger partial charge on any atom is -0.347 e. The molecule has 8 heteroatoms. The number of nitrogens with zero attached hydrogens (tertiary/aromatic N) is 1. The molecule has 1 fully saturated rings. The van der Waals surface area contributed by atoms with Crippen molar-refractivity contribution in [1.29, 1.82) is 0 Å². The van der Waals surface area contributed by atoms with Gasteiger partial charge in [-0.1, -0.05) is 18.2 Å². The fraction of sp³-hybridized carbons (Fsp3) is 0.556. The summed E-state index contributed by atoms with van der Waals surface area (Å²) in [4.78, 5) is 48.7. The predicted molar refractivity (Wildman–Crippen MR) is 92.8 cm³/mol. The molecule has 1 heterocycles. The summed E-state index contributed by atoms with van der Waals surface area (Å²) < 4.78 is 12.1. The van der Waals surface area contributed by atoms with E-state index in [-0.39, 0.29) is 31.3 Å². The number of hydrogen-bond donors (Lipinski definition) is 2. The fourth-order valence-electron chi connectivity index (χ4n) is 3.01. The average molecular weight is 365 g/mol. The molecule has 0 saturated carbocycles. The topological polar surface area (TPSA) is 95.6 Å². The third-order valence-corrected chi connectivity index (χ3v) is 4.36. The molecule has 2 rings (SSSR count). The first-order valence-electron chi connectivity index (χ1n) is 8.78. The van der Waals surface area contributed by atoms with Gasteiger partial charge in [-0.05, 0) is 31.3 Å². The largest absolute Gasteiger partial charge is 0.347 e. The lowest BCUT2D eigenvalue weighted by molar-refractivity contribution is -0.139. The Labute approximate surface area is 151 Å². The van der Waals surface area contributed by atoms with Gasteiger partial charge in [0, 0.05) is 6.54 Å². The van der Waals surface area contributed by atoms with Gasteiger partial charge in [-0.3, -0.25) is 19.2 Å². The van der Waals surface area contributed by atoms with Crippen LogP contribution < -0.4 is 10.6 Å². The molecule has 0 spiro atoms. The minimum atomic E-state index is -1.13. The summed E-state index contributed by atoms with van der Waals surface area (Å²) in [6, 6.07) is -0.684. The number of carbonyl (C=O) groups is 4. The smallest absolute Gasteiger partial charge is 0.243 e. The van der Waals surface area contributed by atoms with Crippen molar-refractivity contribution >= 4 is 23.5 Å². The maximum atomic E-state index is 12.3. The number of allylic oxidation sites excluding steroid dienone is 3. The lowest BCUT2D eigenvalue weighted by Crippen LogP contribution is -2.49. The van der Waals surface area contributed by atoms with Gasteiger partial charge in [0.05, 0.1) is 19.5 Å². The van der Waals surface area contributed by atoms with Crippen LogP contribution in [0, 0.1) is 0 Å². The van der Waals surface area contributed by atoms with Crippen molar-refractivity contribution in [2.24, 2.45) is 0 Å². The Morgan fingerprint density at radius 3 is 2.65 bits per heavy atom. The number of nitrogens with one attached hydrogen (secondary N) is 2. The summed E-state index contributed by atoms with van der Waals surface area (Å²) in [5.41, 5.74) is 0.928. The first-order chi connectivity index (χ1) is 12.5. The summed E-state index contributed by atoms with van der Waals surface area (Å²) in [6.45, 7) is -1.28. The van der Waals surface area contributed by atoms with Crippen LogP contribution in [0.25, 0.3) is 0 Å².